The van der Waals surface area contributed by atoms with Crippen LogP contribution in [0.15, 0.2) is 42.5 Å². The number of carbonyl (C=O) groups is 1. The summed E-state index contributed by atoms with van der Waals surface area (Å²) in [6, 6.07) is 15.1. The molecule has 2 fully saturated rings. The molecule has 0 aliphatic carbocycles. The minimum atomic E-state index is 0.0393. The molecular formula is C27H34N4O2S. The molecule has 2 aliphatic heterocycles. The van der Waals surface area contributed by atoms with Crippen LogP contribution < -0.4 is 14.5 Å². The molecule has 2 aromatic carbocycles. The molecule has 0 bridgehead atoms. The number of fused-ring (bicyclic) bond motifs is 1. The zero-order valence-corrected chi connectivity index (χ0v) is 21.2. The lowest BCUT2D eigenvalue weighted by Gasteiger charge is -2.43. The molecule has 0 unspecified atom stereocenters. The van der Waals surface area contributed by atoms with E-state index in [0.29, 0.717) is 18.6 Å². The van der Waals surface area contributed by atoms with Gasteiger partial charge < -0.3 is 19.4 Å². The summed E-state index contributed by atoms with van der Waals surface area (Å²) in [7, 11) is 0. The second-order valence-corrected chi connectivity index (χ2v) is 10.5. The number of amides is 1. The molecule has 3 aromatic rings. The van der Waals surface area contributed by atoms with Gasteiger partial charge in [-0.2, -0.15) is 0 Å². The third-order valence-electron chi connectivity index (χ3n) is 6.97. The van der Waals surface area contributed by atoms with Crippen LogP contribution in [0.4, 0.5) is 10.8 Å². The van der Waals surface area contributed by atoms with E-state index in [1.54, 1.807) is 11.3 Å². The highest BCUT2D eigenvalue weighted by atomic mass is 32.1. The number of aryl methyl sites for hydroxylation is 1. The summed E-state index contributed by atoms with van der Waals surface area (Å²) in [4.78, 5) is 25.2. The van der Waals surface area contributed by atoms with E-state index in [1.807, 2.05) is 19.1 Å². The maximum Gasteiger partial charge on any atom is 0.227 e. The Balaban J connectivity index is 1.24. The molecule has 34 heavy (non-hydrogen) atoms. The Hall–Kier alpha value is -2.80. The van der Waals surface area contributed by atoms with Gasteiger partial charge in [0.15, 0.2) is 5.13 Å². The number of carbonyl (C=O) groups excluding carboxylic acids is 1. The maximum atomic E-state index is 13.5. The third kappa shape index (κ3) is 4.71. The van der Waals surface area contributed by atoms with Crippen LogP contribution in [0, 0.1) is 12.8 Å². The Kier molecular flexibility index (Phi) is 6.63. The van der Waals surface area contributed by atoms with Crippen molar-refractivity contribution in [1.82, 2.24) is 9.88 Å². The minimum absolute atomic E-state index is 0.0393. The summed E-state index contributed by atoms with van der Waals surface area (Å²) in [6.45, 7) is 11.2. The second-order valence-electron chi connectivity index (χ2n) is 9.51. The zero-order valence-electron chi connectivity index (χ0n) is 20.4. The van der Waals surface area contributed by atoms with E-state index in [0.717, 1.165) is 66.7 Å². The van der Waals surface area contributed by atoms with E-state index in [2.05, 4.69) is 58.9 Å². The number of piperazine rings is 1. The first kappa shape index (κ1) is 23.0. The van der Waals surface area contributed by atoms with Gasteiger partial charge >= 0.3 is 0 Å². The van der Waals surface area contributed by atoms with Crippen LogP contribution in [0.3, 0.4) is 0 Å². The Labute approximate surface area is 206 Å². The van der Waals surface area contributed by atoms with Crippen LogP contribution in [-0.4, -0.2) is 61.2 Å². The molecule has 0 spiro atoms. The normalized spacial score (nSPS) is 21.2. The fourth-order valence-corrected chi connectivity index (χ4v) is 6.27. The fourth-order valence-electron chi connectivity index (χ4n) is 5.24. The summed E-state index contributed by atoms with van der Waals surface area (Å²) in [6.07, 6.45) is 1.98. The van der Waals surface area contributed by atoms with Gasteiger partial charge in [-0.1, -0.05) is 23.5 Å². The lowest BCUT2D eigenvalue weighted by Crippen LogP contribution is -2.56. The Morgan fingerprint density at radius 3 is 2.82 bits per heavy atom. The number of aromatic nitrogens is 1. The Bertz CT molecular complexity index is 1160. The predicted molar refractivity (Wildman–Crippen MR) is 140 cm³/mol. The largest absolute Gasteiger partial charge is 0.494 e. The molecule has 1 aromatic heterocycles. The molecule has 2 aliphatic rings. The van der Waals surface area contributed by atoms with Gasteiger partial charge in [-0.25, -0.2) is 4.98 Å². The SMILES string of the molecule is CCOc1ccc2nc(N3CCC[C@@H](C(=O)N4CCN(c5cccc(C)c5)[C@@H](C)C4)C3)sc2c1. The van der Waals surface area contributed by atoms with Crippen LogP contribution >= 0.6 is 11.3 Å². The van der Waals surface area contributed by atoms with Crippen molar-refractivity contribution < 1.29 is 9.53 Å². The molecule has 0 N–H and O–H groups in total. The van der Waals surface area contributed by atoms with E-state index in [9.17, 15) is 4.79 Å². The van der Waals surface area contributed by atoms with Crippen molar-refractivity contribution in [3.63, 3.8) is 0 Å². The molecule has 3 heterocycles. The van der Waals surface area contributed by atoms with Gasteiger partial charge in [0.05, 0.1) is 22.7 Å². The van der Waals surface area contributed by atoms with E-state index < -0.39 is 0 Å². The van der Waals surface area contributed by atoms with Crippen molar-refractivity contribution in [2.24, 2.45) is 5.92 Å². The number of rotatable bonds is 5. The first-order chi connectivity index (χ1) is 16.5. The lowest BCUT2D eigenvalue weighted by atomic mass is 9.96. The molecule has 5 rings (SSSR count). The Morgan fingerprint density at radius 1 is 1.15 bits per heavy atom. The highest BCUT2D eigenvalue weighted by molar-refractivity contribution is 7.22. The summed E-state index contributed by atoms with van der Waals surface area (Å²) in [5.41, 5.74) is 3.53. The molecule has 2 atom stereocenters. The van der Waals surface area contributed by atoms with Crippen molar-refractivity contribution in [2.75, 3.05) is 49.1 Å². The summed E-state index contributed by atoms with van der Waals surface area (Å²) in [5.74, 6) is 1.23. The van der Waals surface area contributed by atoms with E-state index in [-0.39, 0.29) is 5.92 Å². The van der Waals surface area contributed by atoms with Gasteiger partial charge in [-0.15, -0.1) is 0 Å². The van der Waals surface area contributed by atoms with Crippen molar-refractivity contribution in [2.45, 2.75) is 39.7 Å². The third-order valence-corrected chi connectivity index (χ3v) is 8.05. The van der Waals surface area contributed by atoms with Gasteiger partial charge in [-0.05, 0) is 69.5 Å². The summed E-state index contributed by atoms with van der Waals surface area (Å²) < 4.78 is 6.78. The van der Waals surface area contributed by atoms with Crippen LogP contribution in [0.1, 0.15) is 32.3 Å². The van der Waals surface area contributed by atoms with Gasteiger partial charge in [-0.3, -0.25) is 4.79 Å². The van der Waals surface area contributed by atoms with Crippen LogP contribution in [0.2, 0.25) is 0 Å². The number of hydrogen-bond donors (Lipinski definition) is 0. The van der Waals surface area contributed by atoms with Crippen LogP contribution in [-0.2, 0) is 4.79 Å². The highest BCUT2D eigenvalue weighted by Crippen LogP contribution is 2.34. The van der Waals surface area contributed by atoms with E-state index in [4.69, 9.17) is 9.72 Å². The molecule has 6 nitrogen and oxygen atoms in total. The van der Waals surface area contributed by atoms with Crippen molar-refractivity contribution >= 4 is 38.3 Å². The fraction of sp³-hybridized carbons (Fsp3) is 0.481. The number of benzene rings is 2. The summed E-state index contributed by atoms with van der Waals surface area (Å²) in [5, 5.41) is 1.01. The van der Waals surface area contributed by atoms with Gasteiger partial charge in [0.25, 0.3) is 0 Å². The average Bonchev–Trinajstić information content (AvgIpc) is 3.27. The molecule has 0 saturated carbocycles. The molecule has 1 amide bonds. The quantitative estimate of drug-likeness (QED) is 0.519. The lowest BCUT2D eigenvalue weighted by molar-refractivity contribution is -0.136. The molecule has 2 saturated heterocycles. The van der Waals surface area contributed by atoms with Gasteiger partial charge in [0, 0.05) is 44.5 Å². The van der Waals surface area contributed by atoms with Gasteiger partial charge in [0.1, 0.15) is 5.75 Å². The standard InChI is InChI=1S/C27H34N4O2S/c1-4-33-23-10-11-24-25(16-23)34-27(28-24)30-12-6-8-21(18-30)26(32)29-13-14-31(20(3)17-29)22-9-5-7-19(2)15-22/h5,7,9-11,15-16,20-21H,4,6,8,12-14,17-18H2,1-3H3/t20-,21+/m0/s1. The van der Waals surface area contributed by atoms with Gasteiger partial charge in [0.2, 0.25) is 5.91 Å². The monoisotopic (exact) mass is 478 g/mol. The first-order valence-electron chi connectivity index (χ1n) is 12.4. The number of nitrogens with zero attached hydrogens (tertiary/aromatic N) is 4. The number of piperidine rings is 1. The highest BCUT2D eigenvalue weighted by Gasteiger charge is 2.34. The summed E-state index contributed by atoms with van der Waals surface area (Å²) >= 11 is 1.70. The predicted octanol–water partition coefficient (Wildman–Crippen LogP) is 4.96. The van der Waals surface area contributed by atoms with Crippen molar-refractivity contribution in [3.05, 3.63) is 48.0 Å². The van der Waals surface area contributed by atoms with Crippen molar-refractivity contribution in [3.8, 4) is 5.75 Å². The molecular weight excluding hydrogens is 444 g/mol. The smallest absolute Gasteiger partial charge is 0.227 e. The van der Waals surface area contributed by atoms with Crippen LogP contribution in [0.5, 0.6) is 5.75 Å². The minimum Gasteiger partial charge on any atom is -0.494 e. The number of thiazole rings is 1. The molecule has 180 valence electrons. The van der Waals surface area contributed by atoms with Crippen LogP contribution in [0.25, 0.3) is 10.2 Å². The number of ether oxygens (including phenoxy) is 1. The zero-order chi connectivity index (χ0) is 23.7. The van der Waals surface area contributed by atoms with Crippen molar-refractivity contribution in [1.29, 1.82) is 0 Å². The Morgan fingerprint density at radius 2 is 2.03 bits per heavy atom. The van der Waals surface area contributed by atoms with E-state index >= 15 is 0 Å². The van der Waals surface area contributed by atoms with E-state index in [1.165, 1.54) is 11.3 Å². The topological polar surface area (TPSA) is 48.9 Å². The number of anilines is 2. The molecule has 0 radical (unpaired) electrons. The molecule has 7 heteroatoms. The second kappa shape index (κ2) is 9.82. The maximum absolute atomic E-state index is 13.5. The first-order valence-corrected chi connectivity index (χ1v) is 13.2. The average molecular weight is 479 g/mol. The number of hydrogen-bond acceptors (Lipinski definition) is 6.